The van der Waals surface area contributed by atoms with Crippen molar-refractivity contribution in [2.75, 3.05) is 96.4 Å². The predicted octanol–water partition coefficient (Wildman–Crippen LogP) is 2.98. The summed E-state index contributed by atoms with van der Waals surface area (Å²) in [6.45, 7) is 0.667. The van der Waals surface area contributed by atoms with E-state index in [1.807, 2.05) is 59.4 Å². The number of carboxylic acids is 1. The zero-order valence-electron chi connectivity index (χ0n) is 34.2. The van der Waals surface area contributed by atoms with Crippen LogP contribution in [0.3, 0.4) is 0 Å². The number of nitrogen functional groups attached to an aromatic ring is 2. The number of ether oxygens (including phenoxy) is 2. The standard InChI is InChI=1S/C13H19N3O2.C8H11N3O2.C6H6N2O2.C5H13NO2.C2H7NO.2CH4.BH2OP/c1-15(2)9-5-6-12-10-11(7-8-14-12)13(17)16(3)18-4;1-11(13-2)8(12)6-3-4-10-7(9)5-6;7-5-3-4(6(9)10)1-2-8-5;1-6(2)5(7-3)8-4;1-3-4-2;;;2-1-3/h5,7-10H,6H2,1-4H3;3-5H,1-2H3,(H2,9,10);1-3H,(H2,7,8)(H,9,10);5H,1-4H3;3H,1-2H3;2*1H4;3H2/b9-5+;;;;;;;. The maximum atomic E-state index is 11.9. The van der Waals surface area contributed by atoms with Crippen LogP contribution in [0.4, 0.5) is 11.6 Å². The van der Waals surface area contributed by atoms with Crippen LogP contribution in [0.25, 0.3) is 0 Å². The van der Waals surface area contributed by atoms with Gasteiger partial charge in [0.05, 0.1) is 26.9 Å². The summed E-state index contributed by atoms with van der Waals surface area (Å²) >= 11 is 0. The van der Waals surface area contributed by atoms with E-state index in [4.69, 9.17) is 40.4 Å². The normalized spacial score (nSPS) is 9.29. The molecule has 0 fully saturated rings. The van der Waals surface area contributed by atoms with Gasteiger partial charge in [-0.25, -0.2) is 30.4 Å². The average molecular weight is 841 g/mol. The Morgan fingerprint density at radius 2 is 1.17 bits per heavy atom. The summed E-state index contributed by atoms with van der Waals surface area (Å²) in [6.07, 6.45) is 8.90. The number of hydrogen-bond acceptors (Lipinski definition) is 17. The fraction of sp³-hybridized carbons (Fsp3) is 0.444. The van der Waals surface area contributed by atoms with Crippen LogP contribution in [0.15, 0.2) is 67.3 Å². The van der Waals surface area contributed by atoms with Crippen molar-refractivity contribution in [1.29, 1.82) is 0 Å². The molecule has 22 heteroatoms. The van der Waals surface area contributed by atoms with Crippen molar-refractivity contribution in [3.63, 3.8) is 0 Å². The molecule has 328 valence electrons. The van der Waals surface area contributed by atoms with Crippen LogP contribution in [-0.2, 0) is 35.1 Å². The summed E-state index contributed by atoms with van der Waals surface area (Å²) < 4.78 is 18.5. The molecule has 3 aromatic rings. The van der Waals surface area contributed by atoms with Gasteiger partial charge in [0.1, 0.15) is 11.6 Å². The zero-order valence-corrected chi connectivity index (χ0v) is 35.4. The number of nitrogens with two attached hydrogens (primary N) is 2. The number of carboxylic acid groups (broad SMARTS) is 1. The van der Waals surface area contributed by atoms with Crippen LogP contribution in [0, 0.1) is 0 Å². The van der Waals surface area contributed by atoms with Gasteiger partial charge in [-0.2, -0.15) is 0 Å². The topological polar surface area (TPSA) is 250 Å². The molecule has 0 aliphatic rings. The van der Waals surface area contributed by atoms with E-state index in [1.54, 1.807) is 59.8 Å². The number of rotatable bonds is 12. The Labute approximate surface area is 347 Å². The Morgan fingerprint density at radius 1 is 0.793 bits per heavy atom. The Hall–Kier alpha value is -4.99. The zero-order chi connectivity index (χ0) is 43.6. The van der Waals surface area contributed by atoms with E-state index in [2.05, 4.69) is 25.3 Å². The fourth-order valence-electron chi connectivity index (χ4n) is 3.32. The van der Waals surface area contributed by atoms with Gasteiger partial charge in [-0.1, -0.05) is 20.9 Å². The van der Waals surface area contributed by atoms with Crippen LogP contribution >= 0.6 is 9.12 Å². The van der Waals surface area contributed by atoms with Gasteiger partial charge in [0.2, 0.25) is 6.41 Å². The van der Waals surface area contributed by atoms with Crippen molar-refractivity contribution in [3.05, 3.63) is 89.6 Å². The molecule has 0 aliphatic carbocycles. The second kappa shape index (κ2) is 38.9. The number of allylic oxidation sites excluding steroid dienone is 1. The summed E-state index contributed by atoms with van der Waals surface area (Å²) in [4.78, 5) is 62.9. The van der Waals surface area contributed by atoms with Gasteiger partial charge in [0.15, 0.2) is 0 Å². The van der Waals surface area contributed by atoms with E-state index >= 15 is 0 Å². The minimum absolute atomic E-state index is 0. The van der Waals surface area contributed by atoms with E-state index < -0.39 is 5.97 Å². The van der Waals surface area contributed by atoms with Crippen molar-refractivity contribution in [3.8, 4) is 0 Å². The number of carbonyl (C=O) groups excluding carboxylic acids is 2. The molecule has 58 heavy (non-hydrogen) atoms. The second-order valence-electron chi connectivity index (χ2n) is 10.6. The Kier molecular flexibility index (Phi) is 41.7. The van der Waals surface area contributed by atoms with E-state index in [-0.39, 0.29) is 44.5 Å². The Morgan fingerprint density at radius 3 is 1.47 bits per heavy atom. The van der Waals surface area contributed by atoms with Gasteiger partial charge < -0.3 is 35.8 Å². The van der Waals surface area contributed by atoms with Crippen LogP contribution in [0.1, 0.15) is 51.6 Å². The Balaban J connectivity index is -0.000000208. The van der Waals surface area contributed by atoms with E-state index in [0.29, 0.717) is 30.2 Å². The molecule has 3 aromatic heterocycles. The second-order valence-corrected chi connectivity index (χ2v) is 10.9. The predicted molar refractivity (Wildman–Crippen MR) is 230 cm³/mol. The molecule has 3 rings (SSSR count). The maximum absolute atomic E-state index is 11.9. The quantitative estimate of drug-likeness (QED) is 0.0885. The summed E-state index contributed by atoms with van der Waals surface area (Å²) in [5.74, 6) is -0.890. The number of nitrogens with one attached hydrogen (secondary N) is 1. The molecule has 0 aliphatic heterocycles. The summed E-state index contributed by atoms with van der Waals surface area (Å²) in [7, 11) is 22.1. The number of pyridine rings is 3. The van der Waals surface area contributed by atoms with Gasteiger partial charge in [0, 0.05) is 91.3 Å². The van der Waals surface area contributed by atoms with Crippen molar-refractivity contribution < 1.29 is 48.2 Å². The number of aromatic carboxylic acids is 1. The molecule has 20 nitrogen and oxygen atoms in total. The van der Waals surface area contributed by atoms with Crippen LogP contribution in [0.5, 0.6) is 0 Å². The fourth-order valence-corrected chi connectivity index (χ4v) is 3.32. The van der Waals surface area contributed by atoms with Crippen molar-refractivity contribution in [2.45, 2.75) is 27.7 Å². The number of amides is 2. The Bertz CT molecular complexity index is 1560. The first-order valence-electron chi connectivity index (χ1n) is 16.1. The molecule has 0 radical (unpaired) electrons. The van der Waals surface area contributed by atoms with E-state index in [1.165, 1.54) is 56.9 Å². The molecule has 3 heterocycles. The molecule has 0 bridgehead atoms. The molecule has 2 amide bonds. The molecule has 6 N–H and O–H groups in total. The third-order valence-electron chi connectivity index (χ3n) is 6.00. The van der Waals surface area contributed by atoms with Crippen molar-refractivity contribution >= 4 is 45.4 Å². The van der Waals surface area contributed by atoms with Crippen LogP contribution in [-0.4, -0.2) is 156 Å². The summed E-state index contributed by atoms with van der Waals surface area (Å²) in [5.41, 5.74) is 15.1. The molecular formula is C36H66BN10O10P. The number of nitrogens with zero attached hydrogens (tertiary/aromatic N) is 7. The van der Waals surface area contributed by atoms with Gasteiger partial charge >= 0.3 is 26.7 Å². The molecule has 0 saturated heterocycles. The number of hydroxylamine groups is 5. The molecule has 0 aromatic carbocycles. The van der Waals surface area contributed by atoms with Crippen molar-refractivity contribution in [2.24, 2.45) is 0 Å². The minimum atomic E-state index is -0.992. The molecule has 1 unspecified atom stereocenters. The molecule has 0 spiro atoms. The van der Waals surface area contributed by atoms with Crippen LogP contribution in [0.2, 0.25) is 0 Å². The first-order chi connectivity index (χ1) is 26.4. The monoisotopic (exact) mass is 840 g/mol. The average Bonchev–Trinajstić information content (AvgIpc) is 3.18. The van der Waals surface area contributed by atoms with Crippen molar-refractivity contribution in [1.82, 2.24) is 40.4 Å². The van der Waals surface area contributed by atoms with Crippen LogP contribution < -0.4 is 16.9 Å². The third-order valence-corrected chi connectivity index (χ3v) is 6.00. The number of aromatic nitrogens is 3. The van der Waals surface area contributed by atoms with Gasteiger partial charge in [-0.05, 0) is 56.7 Å². The van der Waals surface area contributed by atoms with E-state index in [9.17, 15) is 14.4 Å². The number of carbonyl (C=O) groups is 3. The first kappa shape index (κ1) is 62.2. The number of methoxy groups -OCH3 is 2. The SMILES string of the molecule is C.C.CNOC.COC(OC)N(C)C.CON(C)C(=O)c1ccnc(C/C=C/N(C)C)c1.CON(C)C(=O)c1ccnc(N)c1.Nc1cc(C(=O)O)ccn1.O=BP. The van der Waals surface area contributed by atoms with Gasteiger partial charge in [-0.3, -0.25) is 29.1 Å². The molecule has 0 saturated carbocycles. The third kappa shape index (κ3) is 31.1. The number of anilines is 2. The van der Waals surface area contributed by atoms with Gasteiger partial charge in [0.25, 0.3) is 11.8 Å². The van der Waals surface area contributed by atoms with E-state index in [0.717, 1.165) is 10.8 Å². The number of hydrogen-bond donors (Lipinski definition) is 4. The van der Waals surface area contributed by atoms with Gasteiger partial charge in [-0.15, -0.1) is 0 Å². The molecule has 1 atom stereocenters. The summed E-state index contributed by atoms with van der Waals surface area (Å²) in [6, 6.07) is 9.22. The summed E-state index contributed by atoms with van der Waals surface area (Å²) in [5, 5.41) is 10.7. The molecular weight excluding hydrogens is 774 g/mol. The first-order valence-corrected chi connectivity index (χ1v) is 16.8.